The topological polar surface area (TPSA) is 406 Å². The Balaban J connectivity index is 0.000000189. The van der Waals surface area contributed by atoms with Crippen LogP contribution >= 0.6 is 58.2 Å². The molecule has 0 saturated carbocycles. The number of imide groups is 1. The standard InChI is InChI=1S/C23H20N2O5.C21H17ClN2O3.C20H21F3N2O5.C20H22N2O4.C13H10Cl3N3OS/c1-14-19(22(28)25(9-4-10-26)23(29)20(14)13-24)12-18-7-8-21(30-18)17-6-3-5-16(11-17)15(2)27;1-14-8-10-15(11-9-14)23-21(26)19(13-16-5-4-12-27-16)24-20(25)17-6-2-3-7-18(17)22;1-4-30-18(27)19(20(21,22)23,25-17(26)13-8-6-5-7-9-13)24-15-11-10-14(28-2)12-16(15)29-3;23-14-15-6-4-10-22(13-15)20(25)18(12-17-9-5-11-26-17)21-19(24)16-7-2-1-3-8-16;14-13(15,16)11(21-12-17-7-4-8-18-12)19-10(20)9-5-2-1-3-6-9/h3,5-8,11-12,26H,4,9-10H2,1-2H3;2-13H,1H3,(H,23,26)(H,24,25);5-12,24H,4H2,1-3H3,(H,25,26);1-3,5,7-9,11-12,15,23H,4,6,10,13-14H2,(H,21,24);1-8,11H,(H,19,20)/b19-12+;19-13+;;18-12-;. The van der Waals surface area contributed by atoms with Gasteiger partial charge in [0.25, 0.3) is 47.3 Å². The number of hydrogen-bond acceptors (Lipinski definition) is 23. The Hall–Kier alpha value is -14.4. The second-order valence-corrected chi connectivity index (χ2v) is 32.7. The molecule has 7 aromatic carbocycles. The highest BCUT2D eigenvalue weighted by Crippen LogP contribution is 2.41. The van der Waals surface area contributed by atoms with Crippen LogP contribution in [0.5, 0.6) is 11.5 Å². The van der Waals surface area contributed by atoms with Gasteiger partial charge in [-0.3, -0.25) is 48.1 Å². The Morgan fingerprint density at radius 2 is 1.27 bits per heavy atom. The molecular weight excluding hydrogens is 1840 g/mol. The molecule has 134 heavy (non-hydrogen) atoms. The van der Waals surface area contributed by atoms with Crippen LogP contribution in [0.15, 0.2) is 296 Å². The molecule has 8 N–H and O–H groups in total. The van der Waals surface area contributed by atoms with Crippen LogP contribution in [-0.4, -0.2) is 164 Å². The number of aryl methyl sites for hydroxylation is 1. The smallest absolute Gasteiger partial charge is 0.441 e. The number of ether oxygens (including phenoxy) is 3. The molecule has 2 aliphatic heterocycles. The van der Waals surface area contributed by atoms with Crippen molar-refractivity contribution >= 4 is 147 Å². The van der Waals surface area contributed by atoms with E-state index in [1.807, 2.05) is 43.3 Å². The molecular formula is C97H90Cl4F3N11O18S. The quantitative estimate of drug-likeness (QED) is 0.00330. The lowest BCUT2D eigenvalue weighted by molar-refractivity contribution is -0.204. The van der Waals surface area contributed by atoms with Crippen LogP contribution < -0.4 is 41.4 Å². The molecule has 4 aromatic heterocycles. The molecule has 1 saturated heterocycles. The molecule has 37 heteroatoms. The van der Waals surface area contributed by atoms with Gasteiger partial charge in [-0.25, -0.2) is 14.8 Å². The number of alkyl halides is 6. The number of thioether (sulfide) groups is 1. The number of aliphatic hydroxyl groups excluding tert-OH is 2. The van der Waals surface area contributed by atoms with E-state index in [4.69, 9.17) is 74.2 Å². The second kappa shape index (κ2) is 50.3. The average molecular weight is 1930 g/mol. The Labute approximate surface area is 792 Å². The first-order chi connectivity index (χ1) is 64.2. The molecule has 13 rings (SSSR count). The van der Waals surface area contributed by atoms with Crippen LogP contribution in [0.3, 0.4) is 0 Å². The van der Waals surface area contributed by atoms with Crippen molar-refractivity contribution in [2.45, 2.75) is 73.1 Å². The molecule has 6 heterocycles. The van der Waals surface area contributed by atoms with Gasteiger partial charge in [0.2, 0.25) is 3.79 Å². The van der Waals surface area contributed by atoms with E-state index < -0.39 is 56.5 Å². The van der Waals surface area contributed by atoms with Gasteiger partial charge in [-0.2, -0.15) is 18.4 Å². The number of hydrogen-bond donors (Lipinski definition) is 8. The lowest BCUT2D eigenvalue weighted by atomic mass is 9.94. The van der Waals surface area contributed by atoms with Crippen molar-refractivity contribution in [1.29, 1.82) is 5.26 Å². The maximum Gasteiger partial charge on any atom is 0.441 e. The normalized spacial score (nSPS) is 14.1. The average Bonchev–Trinajstić information content (AvgIpc) is 0.835. The van der Waals surface area contributed by atoms with Crippen molar-refractivity contribution in [3.05, 3.63) is 333 Å². The number of rotatable bonds is 28. The third kappa shape index (κ3) is 29.6. The third-order valence-electron chi connectivity index (χ3n) is 19.4. The maximum absolute atomic E-state index is 14.2. The van der Waals surface area contributed by atoms with Crippen LogP contribution in [0.4, 0.5) is 24.5 Å². The number of ketones is 1. The molecule has 0 bridgehead atoms. The van der Waals surface area contributed by atoms with Crippen molar-refractivity contribution in [2.24, 2.45) is 5.92 Å². The fourth-order valence-corrected chi connectivity index (χ4v) is 14.1. The number of aliphatic hydroxyl groups is 2. The minimum Gasteiger partial charge on any atom is -0.497 e. The second-order valence-electron chi connectivity index (χ2n) is 28.9. The number of halogens is 7. The monoisotopic (exact) mass is 1930 g/mol. The number of carbonyl (C=O) groups is 10. The number of nitrogens with one attached hydrogen (secondary N) is 6. The first-order valence-electron chi connectivity index (χ1n) is 40.9. The predicted octanol–water partition coefficient (Wildman–Crippen LogP) is 17.1. The van der Waals surface area contributed by atoms with Crippen molar-refractivity contribution in [1.82, 2.24) is 41.0 Å². The molecule has 11 aromatic rings. The molecule has 29 nitrogen and oxygen atoms in total. The van der Waals surface area contributed by atoms with Crippen molar-refractivity contribution < 1.29 is 98.8 Å². The summed E-state index contributed by atoms with van der Waals surface area (Å²) in [5.74, 6) is -3.88. The van der Waals surface area contributed by atoms with Crippen molar-refractivity contribution in [3.8, 4) is 28.9 Å². The van der Waals surface area contributed by atoms with Crippen LogP contribution in [0.25, 0.3) is 29.6 Å². The van der Waals surface area contributed by atoms with Crippen LogP contribution in [0.2, 0.25) is 5.02 Å². The van der Waals surface area contributed by atoms with Crippen LogP contribution in [-0.2, 0) is 28.7 Å². The first kappa shape index (κ1) is 103. The van der Waals surface area contributed by atoms with Gasteiger partial charge in [-0.15, -0.1) is 0 Å². The summed E-state index contributed by atoms with van der Waals surface area (Å²) in [6.07, 6.45) is 7.30. The molecule has 0 spiro atoms. The largest absolute Gasteiger partial charge is 0.497 e. The van der Waals surface area contributed by atoms with Gasteiger partial charge in [0.15, 0.2) is 10.9 Å². The maximum atomic E-state index is 14.2. The van der Waals surface area contributed by atoms with Gasteiger partial charge >= 0.3 is 17.8 Å². The summed E-state index contributed by atoms with van der Waals surface area (Å²) in [6.45, 7) is 6.98. The zero-order valence-electron chi connectivity index (χ0n) is 72.6. The van der Waals surface area contributed by atoms with E-state index >= 15 is 0 Å². The van der Waals surface area contributed by atoms with Crippen molar-refractivity contribution in [3.63, 3.8) is 0 Å². The number of piperidine rings is 1. The highest BCUT2D eigenvalue weighted by atomic mass is 35.6. The molecule has 696 valence electrons. The first-order valence-corrected chi connectivity index (χ1v) is 43.3. The molecule has 8 amide bonds. The van der Waals surface area contributed by atoms with E-state index in [1.54, 1.807) is 181 Å². The lowest BCUT2D eigenvalue weighted by Crippen LogP contribution is -2.69. The molecule has 3 atom stereocenters. The number of amides is 8. The number of esters is 1. The summed E-state index contributed by atoms with van der Waals surface area (Å²) in [5, 5.41) is 42.3. The number of aromatic nitrogens is 2. The van der Waals surface area contributed by atoms with Gasteiger partial charge in [0.05, 0.1) is 49.6 Å². The molecule has 1 fully saturated rings. The van der Waals surface area contributed by atoms with E-state index in [0.29, 0.717) is 80.0 Å². The van der Waals surface area contributed by atoms with Crippen LogP contribution in [0.1, 0.15) is 115 Å². The Morgan fingerprint density at radius 1 is 0.672 bits per heavy atom. The Morgan fingerprint density at radius 3 is 1.83 bits per heavy atom. The summed E-state index contributed by atoms with van der Waals surface area (Å²) >= 11 is 24.9. The highest BCUT2D eigenvalue weighted by Gasteiger charge is 2.64. The minimum atomic E-state index is -5.27. The van der Waals surface area contributed by atoms with E-state index in [2.05, 4.69) is 41.3 Å². The van der Waals surface area contributed by atoms with Crippen LogP contribution in [0, 0.1) is 24.2 Å². The fourth-order valence-electron chi connectivity index (χ4n) is 12.5. The third-order valence-corrected chi connectivity index (χ3v) is 21.9. The number of likely N-dealkylation sites (tertiary alicyclic amines) is 1. The Kier molecular flexibility index (Phi) is 38.8. The van der Waals surface area contributed by atoms with Gasteiger partial charge in [0.1, 0.15) is 63.0 Å². The SMILES string of the molecule is CC(=O)c1cccc(-c2ccc(/C=C3/C(=O)N(CCCO)C(=O)C(C#N)=C3C)o2)c1.CCOC(=O)C(NC(=O)c1ccccc1)(Nc1ccc(OC)cc1OC)C(F)(F)F.Cc1ccc(NC(=O)/C(=C\c2ccco2)NC(=O)c2ccccc2Cl)cc1.O=C(N/C(=C\c1ccco1)C(=O)N1CCCC(CO)C1)c1ccccc1.O=C(NC(Sc1ncccn1)C(Cl)(Cl)Cl)c1ccccc1. The zero-order chi connectivity index (χ0) is 97.1. The number of carbonyl (C=O) groups excluding carboxylic acids is 10. The molecule has 2 aliphatic rings. The molecule has 0 aliphatic carbocycles. The lowest BCUT2D eigenvalue weighted by Gasteiger charge is -2.35. The molecule has 3 unspecified atom stereocenters. The summed E-state index contributed by atoms with van der Waals surface area (Å²) < 4.78 is 72.2. The van der Waals surface area contributed by atoms with Gasteiger partial charge < -0.3 is 74.5 Å². The van der Waals surface area contributed by atoms with E-state index in [0.717, 1.165) is 35.1 Å². The van der Waals surface area contributed by atoms with E-state index in [9.17, 15) is 71.5 Å². The molecule has 0 radical (unpaired) electrons. The summed E-state index contributed by atoms with van der Waals surface area (Å²) in [5.41, 5.74) is 0.877. The highest BCUT2D eigenvalue weighted by molar-refractivity contribution is 8.00. The van der Waals surface area contributed by atoms with Gasteiger partial charge in [-0.05, 0) is 186 Å². The number of nitrogens with zero attached hydrogens (tertiary/aromatic N) is 5. The fraction of sp³-hybridized carbons (Fsp3) is 0.206. The number of furan rings is 3. The van der Waals surface area contributed by atoms with Gasteiger partial charge in [0, 0.05) is 103 Å². The zero-order valence-corrected chi connectivity index (χ0v) is 76.5. The number of anilines is 2. The minimum absolute atomic E-state index is 0.0191. The number of methoxy groups -OCH3 is 2. The summed E-state index contributed by atoms with van der Waals surface area (Å²) in [6, 6.07) is 63.2. The summed E-state index contributed by atoms with van der Waals surface area (Å²) in [7, 11) is 2.61. The van der Waals surface area contributed by atoms with E-state index in [-0.39, 0.29) is 113 Å². The Bertz CT molecular complexity index is 6060. The van der Waals surface area contributed by atoms with E-state index in [1.165, 1.54) is 101 Å². The number of nitriles is 1. The van der Waals surface area contributed by atoms with Crippen molar-refractivity contribution in [2.75, 3.05) is 64.3 Å². The number of benzene rings is 7. The number of Topliss-reactive ketones (excluding diaryl/α,β-unsaturated/α-hetero) is 1. The summed E-state index contributed by atoms with van der Waals surface area (Å²) in [4.78, 5) is 136. The predicted molar refractivity (Wildman–Crippen MR) is 500 cm³/mol. The van der Waals surface area contributed by atoms with Gasteiger partial charge in [-0.1, -0.05) is 161 Å².